The SMILES string of the molecule is O=C(OC1CCN(C(=O)c2ccccc2F)CC1)c1cnn(-c2ccccc2Cl)c1. The number of aromatic nitrogens is 2. The lowest BCUT2D eigenvalue weighted by atomic mass is 10.1. The van der Waals surface area contributed by atoms with Crippen LogP contribution in [0.15, 0.2) is 60.9 Å². The van der Waals surface area contributed by atoms with Crippen molar-refractivity contribution in [3.63, 3.8) is 0 Å². The van der Waals surface area contributed by atoms with Gasteiger partial charge in [0.15, 0.2) is 0 Å². The molecule has 0 unspecified atom stereocenters. The van der Waals surface area contributed by atoms with E-state index in [4.69, 9.17) is 16.3 Å². The number of piperidine rings is 1. The van der Waals surface area contributed by atoms with Gasteiger partial charge in [-0.15, -0.1) is 0 Å². The van der Waals surface area contributed by atoms with Gasteiger partial charge in [0.05, 0.1) is 28.0 Å². The molecule has 1 aromatic heterocycles. The van der Waals surface area contributed by atoms with Crippen molar-refractivity contribution in [3.8, 4) is 5.69 Å². The molecule has 0 aliphatic carbocycles. The van der Waals surface area contributed by atoms with Gasteiger partial charge in [-0.1, -0.05) is 35.9 Å². The fourth-order valence-electron chi connectivity index (χ4n) is 3.40. The second-order valence-corrected chi connectivity index (χ2v) is 7.41. The van der Waals surface area contributed by atoms with E-state index in [9.17, 15) is 14.0 Å². The number of esters is 1. The van der Waals surface area contributed by atoms with Crippen LogP contribution in [0.3, 0.4) is 0 Å². The number of hydrogen-bond acceptors (Lipinski definition) is 4. The predicted octanol–water partition coefficient (Wildman–Crippen LogP) is 4.13. The first-order chi connectivity index (χ1) is 14.5. The Bertz CT molecular complexity index is 1080. The summed E-state index contributed by atoms with van der Waals surface area (Å²) in [7, 11) is 0. The minimum absolute atomic E-state index is 0.0555. The Labute approximate surface area is 177 Å². The highest BCUT2D eigenvalue weighted by Crippen LogP contribution is 2.21. The summed E-state index contributed by atoms with van der Waals surface area (Å²) in [5, 5.41) is 4.70. The van der Waals surface area contributed by atoms with Crippen LogP contribution in [-0.2, 0) is 4.74 Å². The van der Waals surface area contributed by atoms with Crippen molar-refractivity contribution < 1.29 is 18.7 Å². The Kier molecular flexibility index (Phi) is 5.81. The molecule has 1 saturated heterocycles. The van der Waals surface area contributed by atoms with Crippen LogP contribution >= 0.6 is 11.6 Å². The maximum atomic E-state index is 13.8. The van der Waals surface area contributed by atoms with Crippen LogP contribution in [0.4, 0.5) is 4.39 Å². The van der Waals surface area contributed by atoms with Crippen LogP contribution in [0.25, 0.3) is 5.69 Å². The summed E-state index contributed by atoms with van der Waals surface area (Å²) in [6.07, 6.45) is 3.67. The Morgan fingerprint density at radius 1 is 1.07 bits per heavy atom. The number of ether oxygens (including phenoxy) is 1. The zero-order chi connectivity index (χ0) is 21.1. The molecule has 0 saturated carbocycles. The number of likely N-dealkylation sites (tertiary alicyclic amines) is 1. The molecule has 1 aliphatic rings. The van der Waals surface area contributed by atoms with E-state index in [2.05, 4.69) is 5.10 Å². The number of rotatable bonds is 4. The highest BCUT2D eigenvalue weighted by molar-refractivity contribution is 6.32. The summed E-state index contributed by atoms with van der Waals surface area (Å²) in [5.74, 6) is -1.36. The van der Waals surface area contributed by atoms with E-state index >= 15 is 0 Å². The Hall–Kier alpha value is -3.19. The van der Waals surface area contributed by atoms with Crippen molar-refractivity contribution in [1.29, 1.82) is 0 Å². The molecule has 1 aliphatic heterocycles. The summed E-state index contributed by atoms with van der Waals surface area (Å²) < 4.78 is 20.9. The lowest BCUT2D eigenvalue weighted by Crippen LogP contribution is -2.41. The molecule has 2 aromatic carbocycles. The van der Waals surface area contributed by atoms with Crippen LogP contribution in [0, 0.1) is 5.82 Å². The zero-order valence-corrected chi connectivity index (χ0v) is 16.8. The van der Waals surface area contributed by atoms with Gasteiger partial charge in [0.25, 0.3) is 5.91 Å². The van der Waals surface area contributed by atoms with Gasteiger partial charge in [-0.05, 0) is 24.3 Å². The third kappa shape index (κ3) is 4.21. The molecule has 4 rings (SSSR count). The van der Waals surface area contributed by atoms with Crippen molar-refractivity contribution in [3.05, 3.63) is 82.9 Å². The molecule has 0 atom stereocenters. The van der Waals surface area contributed by atoms with E-state index in [0.29, 0.717) is 42.2 Å². The van der Waals surface area contributed by atoms with E-state index in [1.54, 1.807) is 35.4 Å². The van der Waals surface area contributed by atoms with Crippen LogP contribution in [0.5, 0.6) is 0 Å². The molecule has 0 radical (unpaired) electrons. The minimum Gasteiger partial charge on any atom is -0.459 e. The van der Waals surface area contributed by atoms with Gasteiger partial charge >= 0.3 is 5.97 Å². The molecule has 2 heterocycles. The largest absolute Gasteiger partial charge is 0.459 e. The Morgan fingerprint density at radius 2 is 1.77 bits per heavy atom. The molecule has 8 heteroatoms. The van der Waals surface area contributed by atoms with Gasteiger partial charge in [-0.2, -0.15) is 5.10 Å². The molecule has 0 N–H and O–H groups in total. The molecule has 6 nitrogen and oxygen atoms in total. The van der Waals surface area contributed by atoms with E-state index < -0.39 is 11.8 Å². The van der Waals surface area contributed by atoms with Crippen LogP contribution in [-0.4, -0.2) is 45.8 Å². The molecular formula is C22H19ClFN3O3. The number of amides is 1. The Balaban J connectivity index is 1.34. The second kappa shape index (κ2) is 8.67. The third-order valence-electron chi connectivity index (χ3n) is 5.02. The summed E-state index contributed by atoms with van der Waals surface area (Å²) in [5.41, 5.74) is 1.04. The van der Waals surface area contributed by atoms with Gasteiger partial charge in [-0.25, -0.2) is 13.9 Å². The van der Waals surface area contributed by atoms with Crippen LogP contribution < -0.4 is 0 Å². The summed E-state index contributed by atoms with van der Waals surface area (Å²) in [6.45, 7) is 0.786. The van der Waals surface area contributed by atoms with Gasteiger partial charge in [0, 0.05) is 32.1 Å². The van der Waals surface area contributed by atoms with Gasteiger partial charge in [0.2, 0.25) is 0 Å². The number of para-hydroxylation sites is 1. The third-order valence-corrected chi connectivity index (χ3v) is 5.34. The fraction of sp³-hybridized carbons (Fsp3) is 0.227. The van der Waals surface area contributed by atoms with Crippen molar-refractivity contribution in [2.45, 2.75) is 18.9 Å². The molecule has 1 fully saturated rings. The first kappa shape index (κ1) is 20.1. The van der Waals surface area contributed by atoms with Gasteiger partial charge in [-0.3, -0.25) is 4.79 Å². The van der Waals surface area contributed by atoms with Crippen molar-refractivity contribution >= 4 is 23.5 Å². The van der Waals surface area contributed by atoms with Crippen LogP contribution in [0.1, 0.15) is 33.6 Å². The predicted molar refractivity (Wildman–Crippen MR) is 109 cm³/mol. The Morgan fingerprint density at radius 3 is 2.50 bits per heavy atom. The van der Waals surface area contributed by atoms with E-state index in [0.717, 1.165) is 0 Å². The monoisotopic (exact) mass is 427 g/mol. The number of carbonyl (C=O) groups excluding carboxylic acids is 2. The normalized spacial score (nSPS) is 14.5. The maximum Gasteiger partial charge on any atom is 0.341 e. The number of benzene rings is 2. The first-order valence-corrected chi connectivity index (χ1v) is 9.95. The molecular weight excluding hydrogens is 409 g/mol. The molecule has 0 bridgehead atoms. The number of halogens is 2. The fourth-order valence-corrected chi connectivity index (χ4v) is 3.62. The quantitative estimate of drug-likeness (QED) is 0.587. The lowest BCUT2D eigenvalue weighted by molar-refractivity contribution is 0.0120. The molecule has 0 spiro atoms. The standard InChI is InChI=1S/C22H19ClFN3O3/c23-18-6-2-4-8-20(18)27-14-15(13-25-27)22(29)30-16-9-11-26(12-10-16)21(28)17-5-1-3-7-19(17)24/h1-8,13-14,16H,9-12H2. The summed E-state index contributed by atoms with van der Waals surface area (Å²) in [4.78, 5) is 26.6. The molecule has 1 amide bonds. The van der Waals surface area contributed by atoms with Crippen molar-refractivity contribution in [1.82, 2.24) is 14.7 Å². The smallest absolute Gasteiger partial charge is 0.341 e. The van der Waals surface area contributed by atoms with Gasteiger partial charge in [0.1, 0.15) is 11.9 Å². The molecule has 154 valence electrons. The molecule has 30 heavy (non-hydrogen) atoms. The highest BCUT2D eigenvalue weighted by Gasteiger charge is 2.27. The average molecular weight is 428 g/mol. The zero-order valence-electron chi connectivity index (χ0n) is 16.0. The van der Waals surface area contributed by atoms with Crippen molar-refractivity contribution in [2.75, 3.05) is 13.1 Å². The second-order valence-electron chi connectivity index (χ2n) is 7.00. The number of carbonyl (C=O) groups is 2. The van der Waals surface area contributed by atoms with Crippen molar-refractivity contribution in [2.24, 2.45) is 0 Å². The van der Waals surface area contributed by atoms with E-state index in [1.807, 2.05) is 12.1 Å². The number of nitrogens with zero attached hydrogens (tertiary/aromatic N) is 3. The minimum atomic E-state index is -0.536. The highest BCUT2D eigenvalue weighted by atomic mass is 35.5. The van der Waals surface area contributed by atoms with Crippen LogP contribution in [0.2, 0.25) is 5.02 Å². The maximum absolute atomic E-state index is 13.8. The van der Waals surface area contributed by atoms with E-state index in [1.165, 1.54) is 23.0 Å². The topological polar surface area (TPSA) is 64.4 Å². The van der Waals surface area contributed by atoms with Gasteiger partial charge < -0.3 is 9.64 Å². The average Bonchev–Trinajstić information content (AvgIpc) is 3.25. The molecule has 3 aromatic rings. The lowest BCUT2D eigenvalue weighted by Gasteiger charge is -2.31. The van der Waals surface area contributed by atoms with E-state index in [-0.39, 0.29) is 17.6 Å². The summed E-state index contributed by atoms with van der Waals surface area (Å²) >= 11 is 6.16. The number of hydrogen-bond donors (Lipinski definition) is 0. The summed E-state index contributed by atoms with van der Waals surface area (Å²) in [6, 6.07) is 13.1. The first-order valence-electron chi connectivity index (χ1n) is 9.57.